The van der Waals surface area contributed by atoms with Crippen LogP contribution < -0.4 is 5.32 Å². The third-order valence-corrected chi connectivity index (χ3v) is 3.77. The first-order valence-corrected chi connectivity index (χ1v) is 6.53. The van der Waals surface area contributed by atoms with E-state index in [1.54, 1.807) is 0 Å². The summed E-state index contributed by atoms with van der Waals surface area (Å²) in [6.07, 6.45) is 3.62. The molecule has 1 aliphatic rings. The Hall–Kier alpha value is -0.710. The predicted octanol–water partition coefficient (Wildman–Crippen LogP) is 2.68. The van der Waals surface area contributed by atoms with Crippen LogP contribution in [0.25, 0.3) is 0 Å². The number of nitrogens with one attached hydrogen (secondary N) is 1. The lowest BCUT2D eigenvalue weighted by Crippen LogP contribution is -2.01. The Morgan fingerprint density at radius 3 is 3.07 bits per heavy atom. The number of thioether (sulfide) groups is 1. The summed E-state index contributed by atoms with van der Waals surface area (Å²) in [6.45, 7) is 4.40. The van der Waals surface area contributed by atoms with Gasteiger partial charge in [-0.3, -0.25) is 0 Å². The van der Waals surface area contributed by atoms with Gasteiger partial charge in [0.1, 0.15) is 0 Å². The lowest BCUT2D eigenvalue weighted by Gasteiger charge is -2.04. The Kier molecular flexibility index (Phi) is 3.51. The van der Waals surface area contributed by atoms with Gasteiger partial charge < -0.3 is 9.84 Å². The van der Waals surface area contributed by atoms with E-state index in [1.165, 1.54) is 19.3 Å². The molecule has 1 aliphatic carbocycles. The summed E-state index contributed by atoms with van der Waals surface area (Å²) in [5.41, 5.74) is 0. The van der Waals surface area contributed by atoms with Crippen LogP contribution >= 0.6 is 11.8 Å². The van der Waals surface area contributed by atoms with Gasteiger partial charge in [0.15, 0.2) is 5.82 Å². The lowest BCUT2D eigenvalue weighted by molar-refractivity contribution is 0.424. The molecule has 0 aromatic carbocycles. The Labute approximate surface area is 94.2 Å². The highest BCUT2D eigenvalue weighted by molar-refractivity contribution is 7.99. The SMILES string of the molecule is CCC(C)SCc1noc(NC2CC2)n1. The molecule has 0 spiro atoms. The summed E-state index contributed by atoms with van der Waals surface area (Å²) in [6, 6.07) is 1.15. The maximum atomic E-state index is 5.10. The van der Waals surface area contributed by atoms with Crippen molar-refractivity contribution in [3.05, 3.63) is 5.82 Å². The average molecular weight is 227 g/mol. The van der Waals surface area contributed by atoms with Crippen molar-refractivity contribution in [3.63, 3.8) is 0 Å². The largest absolute Gasteiger partial charge is 0.335 e. The summed E-state index contributed by atoms with van der Waals surface area (Å²) in [5, 5.41) is 7.78. The van der Waals surface area contributed by atoms with E-state index >= 15 is 0 Å². The van der Waals surface area contributed by atoms with E-state index < -0.39 is 0 Å². The number of hydrogen-bond acceptors (Lipinski definition) is 5. The van der Waals surface area contributed by atoms with Crippen LogP contribution in [-0.4, -0.2) is 21.4 Å². The van der Waals surface area contributed by atoms with Crippen molar-refractivity contribution in [3.8, 4) is 0 Å². The van der Waals surface area contributed by atoms with Crippen molar-refractivity contribution >= 4 is 17.8 Å². The monoisotopic (exact) mass is 227 g/mol. The minimum Gasteiger partial charge on any atom is -0.335 e. The molecule has 84 valence electrons. The molecule has 1 aromatic heterocycles. The molecule has 15 heavy (non-hydrogen) atoms. The molecule has 0 amide bonds. The summed E-state index contributed by atoms with van der Waals surface area (Å²) in [7, 11) is 0. The van der Waals surface area contributed by atoms with E-state index in [0.29, 0.717) is 17.3 Å². The van der Waals surface area contributed by atoms with Crippen LogP contribution in [0, 0.1) is 0 Å². The number of rotatable bonds is 6. The van der Waals surface area contributed by atoms with E-state index in [2.05, 4.69) is 29.3 Å². The van der Waals surface area contributed by atoms with Crippen LogP contribution in [0.1, 0.15) is 38.9 Å². The molecule has 0 radical (unpaired) electrons. The first kappa shape index (κ1) is 10.8. The third kappa shape index (κ3) is 3.41. The first-order valence-electron chi connectivity index (χ1n) is 5.48. The Morgan fingerprint density at radius 1 is 1.60 bits per heavy atom. The number of aromatic nitrogens is 2. The standard InChI is InChI=1S/C10H17N3OS/c1-3-7(2)15-6-9-12-10(14-13-9)11-8-4-5-8/h7-8H,3-6H2,1-2H3,(H,11,12,13). The number of hydrogen-bond donors (Lipinski definition) is 1. The maximum absolute atomic E-state index is 5.10. The van der Waals surface area contributed by atoms with Crippen molar-refractivity contribution in [2.75, 3.05) is 5.32 Å². The minimum atomic E-state index is 0.570. The average Bonchev–Trinajstić information content (AvgIpc) is 2.93. The zero-order valence-corrected chi connectivity index (χ0v) is 10.0. The van der Waals surface area contributed by atoms with Crippen molar-refractivity contribution in [1.82, 2.24) is 10.1 Å². The van der Waals surface area contributed by atoms with Crippen LogP contribution in [0.2, 0.25) is 0 Å². The highest BCUT2D eigenvalue weighted by Crippen LogP contribution is 2.24. The molecule has 0 aliphatic heterocycles. The smallest absolute Gasteiger partial charge is 0.321 e. The molecule has 1 unspecified atom stereocenters. The predicted molar refractivity (Wildman–Crippen MR) is 62.0 cm³/mol. The highest BCUT2D eigenvalue weighted by atomic mass is 32.2. The lowest BCUT2D eigenvalue weighted by atomic mass is 10.4. The van der Waals surface area contributed by atoms with Crippen molar-refractivity contribution in [1.29, 1.82) is 0 Å². The van der Waals surface area contributed by atoms with Crippen LogP contribution in [0.3, 0.4) is 0 Å². The van der Waals surface area contributed by atoms with Crippen LogP contribution in [0.5, 0.6) is 0 Å². The van der Waals surface area contributed by atoms with Gasteiger partial charge in [-0.05, 0) is 19.3 Å². The zero-order chi connectivity index (χ0) is 10.7. The van der Waals surface area contributed by atoms with Gasteiger partial charge in [-0.2, -0.15) is 16.7 Å². The van der Waals surface area contributed by atoms with Gasteiger partial charge in [-0.25, -0.2) is 0 Å². The van der Waals surface area contributed by atoms with Crippen molar-refractivity contribution < 1.29 is 4.52 Å². The quantitative estimate of drug-likeness (QED) is 0.809. The molecule has 0 saturated heterocycles. The second-order valence-corrected chi connectivity index (χ2v) is 5.39. The molecule has 2 rings (SSSR count). The Bertz CT molecular complexity index is 311. The molecule has 1 saturated carbocycles. The van der Waals surface area contributed by atoms with Gasteiger partial charge in [0, 0.05) is 11.3 Å². The summed E-state index contributed by atoms with van der Waals surface area (Å²) >= 11 is 1.86. The van der Waals surface area contributed by atoms with Gasteiger partial charge in [0.2, 0.25) is 0 Å². The topological polar surface area (TPSA) is 51.0 Å². The van der Waals surface area contributed by atoms with E-state index in [4.69, 9.17) is 4.52 Å². The third-order valence-electron chi connectivity index (χ3n) is 2.44. The van der Waals surface area contributed by atoms with Gasteiger partial charge in [-0.1, -0.05) is 19.0 Å². The molecule has 1 aromatic rings. The molecular weight excluding hydrogens is 210 g/mol. The fourth-order valence-electron chi connectivity index (χ4n) is 1.11. The molecule has 0 bridgehead atoms. The molecule has 1 fully saturated rings. The van der Waals surface area contributed by atoms with E-state index in [1.807, 2.05) is 11.8 Å². The minimum absolute atomic E-state index is 0.570. The molecule has 1 atom stereocenters. The van der Waals surface area contributed by atoms with Crippen LogP contribution in [-0.2, 0) is 5.75 Å². The summed E-state index contributed by atoms with van der Waals surface area (Å²) in [5.74, 6) is 1.63. The molecule has 1 N–H and O–H groups in total. The maximum Gasteiger partial charge on any atom is 0.321 e. The Balaban J connectivity index is 1.78. The molecule has 4 nitrogen and oxygen atoms in total. The van der Waals surface area contributed by atoms with Crippen LogP contribution in [0.4, 0.5) is 6.01 Å². The molecular formula is C10H17N3OS. The molecule has 5 heteroatoms. The van der Waals surface area contributed by atoms with Crippen molar-refractivity contribution in [2.45, 2.75) is 50.2 Å². The number of nitrogens with zero attached hydrogens (tertiary/aromatic N) is 2. The number of anilines is 1. The first-order chi connectivity index (χ1) is 7.28. The molecule has 1 heterocycles. The summed E-state index contributed by atoms with van der Waals surface area (Å²) in [4.78, 5) is 4.29. The normalized spacial score (nSPS) is 17.7. The fraction of sp³-hybridized carbons (Fsp3) is 0.800. The van der Waals surface area contributed by atoms with Gasteiger partial charge >= 0.3 is 6.01 Å². The Morgan fingerprint density at radius 2 is 2.40 bits per heavy atom. The zero-order valence-electron chi connectivity index (χ0n) is 9.19. The highest BCUT2D eigenvalue weighted by Gasteiger charge is 2.23. The fourth-order valence-corrected chi connectivity index (χ4v) is 1.89. The van der Waals surface area contributed by atoms with Crippen LogP contribution in [0.15, 0.2) is 4.52 Å². The second kappa shape index (κ2) is 4.88. The van der Waals surface area contributed by atoms with Gasteiger partial charge in [-0.15, -0.1) is 0 Å². The summed E-state index contributed by atoms with van der Waals surface area (Å²) < 4.78 is 5.10. The van der Waals surface area contributed by atoms with Gasteiger partial charge in [0.25, 0.3) is 0 Å². The van der Waals surface area contributed by atoms with E-state index in [0.717, 1.165) is 11.6 Å². The van der Waals surface area contributed by atoms with Crippen molar-refractivity contribution in [2.24, 2.45) is 0 Å². The van der Waals surface area contributed by atoms with E-state index in [9.17, 15) is 0 Å². The second-order valence-electron chi connectivity index (χ2n) is 3.96. The van der Waals surface area contributed by atoms with Gasteiger partial charge in [0.05, 0.1) is 5.75 Å². The van der Waals surface area contributed by atoms with E-state index in [-0.39, 0.29) is 0 Å².